The number of nitrogens with zero attached hydrogens (tertiary/aromatic N) is 2. The molecule has 0 saturated carbocycles. The summed E-state index contributed by atoms with van der Waals surface area (Å²) in [4.78, 5) is 0. The standard InChI is InChI=1S/C13H13FN2O/c1-9-13(17-9)16-8-11(7-15-16)5-10-3-2-4-12(14)6-10/h2-4,6-9,13H,5H2,1H3. The zero-order chi connectivity index (χ0) is 11.8. The molecule has 2 unspecified atom stereocenters. The van der Waals surface area contributed by atoms with E-state index in [1.54, 1.807) is 18.3 Å². The third kappa shape index (κ3) is 2.22. The maximum atomic E-state index is 13.0. The summed E-state index contributed by atoms with van der Waals surface area (Å²) in [5.74, 6) is -0.200. The van der Waals surface area contributed by atoms with E-state index in [4.69, 9.17) is 4.74 Å². The quantitative estimate of drug-likeness (QED) is 0.761. The molecule has 1 aromatic heterocycles. The van der Waals surface area contributed by atoms with Crippen molar-refractivity contribution in [2.45, 2.75) is 25.7 Å². The lowest BCUT2D eigenvalue weighted by Crippen LogP contribution is -1.96. The van der Waals surface area contributed by atoms with Crippen molar-refractivity contribution in [3.63, 3.8) is 0 Å². The van der Waals surface area contributed by atoms with E-state index in [-0.39, 0.29) is 18.1 Å². The lowest BCUT2D eigenvalue weighted by Gasteiger charge is -1.98. The van der Waals surface area contributed by atoms with Gasteiger partial charge in [-0.05, 0) is 30.2 Å². The molecule has 3 nitrogen and oxygen atoms in total. The fourth-order valence-electron chi connectivity index (χ4n) is 1.94. The molecule has 1 aromatic carbocycles. The average molecular weight is 232 g/mol. The Morgan fingerprint density at radius 1 is 1.41 bits per heavy atom. The van der Waals surface area contributed by atoms with E-state index in [1.165, 1.54) is 6.07 Å². The van der Waals surface area contributed by atoms with E-state index in [9.17, 15) is 4.39 Å². The summed E-state index contributed by atoms with van der Waals surface area (Å²) in [6.45, 7) is 2.01. The van der Waals surface area contributed by atoms with Crippen LogP contribution in [0.3, 0.4) is 0 Å². The Morgan fingerprint density at radius 3 is 2.94 bits per heavy atom. The molecule has 88 valence electrons. The maximum absolute atomic E-state index is 13.0. The number of hydrogen-bond donors (Lipinski definition) is 0. The van der Waals surface area contributed by atoms with Crippen LogP contribution in [0.4, 0.5) is 4.39 Å². The minimum absolute atomic E-state index is 0.0799. The van der Waals surface area contributed by atoms with Crippen LogP contribution in [0.25, 0.3) is 0 Å². The molecule has 1 aliphatic rings. The summed E-state index contributed by atoms with van der Waals surface area (Å²) in [5, 5.41) is 4.25. The first-order valence-electron chi connectivity index (χ1n) is 5.65. The van der Waals surface area contributed by atoms with E-state index in [0.29, 0.717) is 6.42 Å². The normalized spacial score (nSPS) is 22.7. The second-order valence-corrected chi connectivity index (χ2v) is 4.37. The number of benzene rings is 1. The van der Waals surface area contributed by atoms with Gasteiger partial charge in [-0.15, -0.1) is 0 Å². The van der Waals surface area contributed by atoms with Crippen molar-refractivity contribution < 1.29 is 9.13 Å². The van der Waals surface area contributed by atoms with Gasteiger partial charge in [-0.25, -0.2) is 9.07 Å². The van der Waals surface area contributed by atoms with E-state index in [2.05, 4.69) is 5.10 Å². The third-order valence-electron chi connectivity index (χ3n) is 2.89. The number of rotatable bonds is 3. The molecule has 0 radical (unpaired) electrons. The zero-order valence-electron chi connectivity index (χ0n) is 9.51. The van der Waals surface area contributed by atoms with E-state index in [1.807, 2.05) is 23.9 Å². The van der Waals surface area contributed by atoms with E-state index in [0.717, 1.165) is 11.1 Å². The molecule has 1 saturated heterocycles. The second-order valence-electron chi connectivity index (χ2n) is 4.37. The lowest BCUT2D eigenvalue weighted by atomic mass is 10.1. The minimum Gasteiger partial charge on any atom is -0.346 e. The van der Waals surface area contributed by atoms with Crippen LogP contribution < -0.4 is 0 Å². The number of ether oxygens (including phenoxy) is 1. The first kappa shape index (κ1) is 10.5. The molecule has 1 aliphatic heterocycles. The summed E-state index contributed by atoms with van der Waals surface area (Å²) >= 11 is 0. The molecular formula is C13H13FN2O. The van der Waals surface area contributed by atoms with Crippen LogP contribution in [0, 0.1) is 5.82 Å². The molecule has 17 heavy (non-hydrogen) atoms. The number of aromatic nitrogens is 2. The van der Waals surface area contributed by atoms with Crippen LogP contribution >= 0.6 is 0 Å². The monoisotopic (exact) mass is 232 g/mol. The van der Waals surface area contributed by atoms with Gasteiger partial charge in [-0.3, -0.25) is 0 Å². The fraction of sp³-hybridized carbons (Fsp3) is 0.308. The lowest BCUT2D eigenvalue weighted by molar-refractivity contribution is 0.322. The summed E-state index contributed by atoms with van der Waals surface area (Å²) in [6, 6.07) is 6.64. The van der Waals surface area contributed by atoms with Gasteiger partial charge < -0.3 is 4.74 Å². The van der Waals surface area contributed by atoms with Crippen molar-refractivity contribution in [3.05, 3.63) is 53.6 Å². The minimum atomic E-state index is -0.200. The predicted molar refractivity (Wildman–Crippen MR) is 61.0 cm³/mol. The zero-order valence-corrected chi connectivity index (χ0v) is 9.51. The Balaban J connectivity index is 1.75. The maximum Gasteiger partial charge on any atom is 0.176 e. The van der Waals surface area contributed by atoms with Crippen LogP contribution in [-0.4, -0.2) is 15.9 Å². The molecule has 3 rings (SSSR count). The van der Waals surface area contributed by atoms with Gasteiger partial charge in [0, 0.05) is 12.6 Å². The Morgan fingerprint density at radius 2 is 2.24 bits per heavy atom. The highest BCUT2D eigenvalue weighted by Crippen LogP contribution is 2.32. The molecule has 1 fully saturated rings. The van der Waals surface area contributed by atoms with Crippen molar-refractivity contribution in [2.24, 2.45) is 0 Å². The van der Waals surface area contributed by atoms with Gasteiger partial charge in [-0.2, -0.15) is 5.10 Å². The van der Waals surface area contributed by atoms with Gasteiger partial charge in [0.25, 0.3) is 0 Å². The highest BCUT2D eigenvalue weighted by molar-refractivity contribution is 5.23. The molecule has 0 spiro atoms. The second kappa shape index (κ2) is 3.96. The number of halogens is 1. The molecular weight excluding hydrogens is 219 g/mol. The molecule has 0 N–H and O–H groups in total. The summed E-state index contributed by atoms with van der Waals surface area (Å²) in [5.41, 5.74) is 2.02. The molecule has 0 amide bonds. The Kier molecular flexibility index (Phi) is 2.44. The molecule has 2 heterocycles. The molecule has 2 aromatic rings. The van der Waals surface area contributed by atoms with Crippen molar-refractivity contribution in [3.8, 4) is 0 Å². The Labute approximate surface area is 98.8 Å². The van der Waals surface area contributed by atoms with Gasteiger partial charge in [0.2, 0.25) is 0 Å². The van der Waals surface area contributed by atoms with Crippen LogP contribution in [0.2, 0.25) is 0 Å². The largest absolute Gasteiger partial charge is 0.346 e. The molecule has 0 aliphatic carbocycles. The molecule has 2 atom stereocenters. The van der Waals surface area contributed by atoms with Gasteiger partial charge in [0.1, 0.15) is 11.9 Å². The highest BCUT2D eigenvalue weighted by Gasteiger charge is 2.36. The van der Waals surface area contributed by atoms with Crippen LogP contribution in [0.1, 0.15) is 24.3 Å². The van der Waals surface area contributed by atoms with Gasteiger partial charge in [0.15, 0.2) is 6.23 Å². The van der Waals surface area contributed by atoms with Crippen LogP contribution in [-0.2, 0) is 11.2 Å². The molecule has 4 heteroatoms. The van der Waals surface area contributed by atoms with Crippen LogP contribution in [0.5, 0.6) is 0 Å². The van der Waals surface area contributed by atoms with Gasteiger partial charge in [-0.1, -0.05) is 12.1 Å². The SMILES string of the molecule is CC1OC1n1cc(Cc2cccc(F)c2)cn1. The third-order valence-corrected chi connectivity index (χ3v) is 2.89. The average Bonchev–Trinajstić information content (AvgIpc) is 2.85. The predicted octanol–water partition coefficient (Wildman–Crippen LogP) is 2.53. The smallest absolute Gasteiger partial charge is 0.176 e. The fourth-order valence-corrected chi connectivity index (χ4v) is 1.94. The first-order valence-corrected chi connectivity index (χ1v) is 5.65. The highest BCUT2D eigenvalue weighted by atomic mass is 19.1. The van der Waals surface area contributed by atoms with Gasteiger partial charge >= 0.3 is 0 Å². The van der Waals surface area contributed by atoms with E-state index < -0.39 is 0 Å². The van der Waals surface area contributed by atoms with Crippen molar-refractivity contribution in [1.29, 1.82) is 0 Å². The van der Waals surface area contributed by atoms with Crippen molar-refractivity contribution in [1.82, 2.24) is 9.78 Å². The Hall–Kier alpha value is -1.68. The van der Waals surface area contributed by atoms with Crippen molar-refractivity contribution in [2.75, 3.05) is 0 Å². The number of epoxide rings is 1. The topological polar surface area (TPSA) is 30.4 Å². The van der Waals surface area contributed by atoms with Crippen molar-refractivity contribution >= 4 is 0 Å². The first-order chi connectivity index (χ1) is 8.22. The Bertz CT molecular complexity index is 538. The summed E-state index contributed by atoms with van der Waals surface area (Å²) in [6.07, 6.45) is 4.78. The molecule has 0 bridgehead atoms. The summed E-state index contributed by atoms with van der Waals surface area (Å²) in [7, 11) is 0. The van der Waals surface area contributed by atoms with Crippen LogP contribution in [0.15, 0.2) is 36.7 Å². The van der Waals surface area contributed by atoms with E-state index >= 15 is 0 Å². The van der Waals surface area contributed by atoms with Gasteiger partial charge in [0.05, 0.1) is 6.20 Å². The number of hydrogen-bond acceptors (Lipinski definition) is 2. The summed E-state index contributed by atoms with van der Waals surface area (Å²) < 4.78 is 20.2.